The number of carbonyl (C=O) groups excluding carboxylic acids is 1. The summed E-state index contributed by atoms with van der Waals surface area (Å²) in [5, 5.41) is 19.4. The molecule has 1 atom stereocenters. The zero-order valence-corrected chi connectivity index (χ0v) is 12.0. The molecule has 0 aliphatic carbocycles. The number of hydrogen-bond donors (Lipinski definition) is 0. The van der Waals surface area contributed by atoms with E-state index in [1.165, 1.54) is 23.1 Å². The number of halogens is 1. The average molecular weight is 326 g/mol. The largest absolute Gasteiger partial charge is 0.340 e. The standard InChI is InChI=1S/C12H12BrN3O3/c1-8(6-14)7-15(2)12(17)10-5-9(16(18)19)3-4-11(10)13/h3-5,8H,7H2,1-2H3. The Kier molecular flexibility index (Phi) is 5.01. The number of benzene rings is 1. The first kappa shape index (κ1) is 15.1. The smallest absolute Gasteiger partial charge is 0.270 e. The summed E-state index contributed by atoms with van der Waals surface area (Å²) < 4.78 is 0.486. The fraction of sp³-hybridized carbons (Fsp3) is 0.333. The van der Waals surface area contributed by atoms with Crippen LogP contribution >= 0.6 is 15.9 Å². The Balaban J connectivity index is 3.02. The number of nitriles is 1. The van der Waals surface area contributed by atoms with Crippen LogP contribution in [-0.4, -0.2) is 29.3 Å². The molecule has 100 valence electrons. The summed E-state index contributed by atoms with van der Waals surface area (Å²) in [4.78, 5) is 23.7. The highest BCUT2D eigenvalue weighted by Gasteiger charge is 2.19. The SMILES string of the molecule is CC(C#N)CN(C)C(=O)c1cc([N+](=O)[O-])ccc1Br. The van der Waals surface area contributed by atoms with Crippen LogP contribution in [-0.2, 0) is 0 Å². The molecular formula is C12H12BrN3O3. The molecule has 1 unspecified atom stereocenters. The number of rotatable bonds is 4. The van der Waals surface area contributed by atoms with Gasteiger partial charge in [-0.15, -0.1) is 0 Å². The Bertz CT molecular complexity index is 554. The van der Waals surface area contributed by atoms with Crippen LogP contribution in [0.1, 0.15) is 17.3 Å². The molecule has 0 fully saturated rings. The molecule has 0 N–H and O–H groups in total. The van der Waals surface area contributed by atoms with Crippen LogP contribution in [0, 0.1) is 27.4 Å². The number of nitrogens with zero attached hydrogens (tertiary/aromatic N) is 3. The maximum absolute atomic E-state index is 12.2. The maximum atomic E-state index is 12.2. The second-order valence-corrected chi connectivity index (χ2v) is 4.99. The third-order valence-corrected chi connectivity index (χ3v) is 3.20. The van der Waals surface area contributed by atoms with E-state index in [2.05, 4.69) is 15.9 Å². The van der Waals surface area contributed by atoms with Gasteiger partial charge in [0.25, 0.3) is 11.6 Å². The van der Waals surface area contributed by atoms with E-state index in [0.717, 1.165) is 0 Å². The minimum Gasteiger partial charge on any atom is -0.340 e. The summed E-state index contributed by atoms with van der Waals surface area (Å²) >= 11 is 3.20. The number of non-ortho nitro benzene ring substituents is 1. The summed E-state index contributed by atoms with van der Waals surface area (Å²) in [5.41, 5.74) is 0.0649. The van der Waals surface area contributed by atoms with Gasteiger partial charge in [0.1, 0.15) is 0 Å². The van der Waals surface area contributed by atoms with Crippen molar-refractivity contribution in [1.82, 2.24) is 4.90 Å². The summed E-state index contributed by atoms with van der Waals surface area (Å²) in [7, 11) is 1.56. The van der Waals surface area contributed by atoms with E-state index in [1.807, 2.05) is 6.07 Å². The molecule has 0 bridgehead atoms. The first-order valence-electron chi connectivity index (χ1n) is 5.45. The minimum atomic E-state index is -0.554. The van der Waals surface area contributed by atoms with Crippen LogP contribution in [0.15, 0.2) is 22.7 Å². The molecule has 0 aromatic heterocycles. The van der Waals surface area contributed by atoms with Crippen molar-refractivity contribution in [2.45, 2.75) is 6.92 Å². The van der Waals surface area contributed by atoms with Crippen LogP contribution in [0.4, 0.5) is 5.69 Å². The molecule has 0 spiro atoms. The fourth-order valence-corrected chi connectivity index (χ4v) is 1.95. The van der Waals surface area contributed by atoms with Crippen molar-refractivity contribution in [3.63, 3.8) is 0 Å². The van der Waals surface area contributed by atoms with E-state index in [0.29, 0.717) is 4.47 Å². The normalized spacial score (nSPS) is 11.5. The second-order valence-electron chi connectivity index (χ2n) is 4.14. The summed E-state index contributed by atoms with van der Waals surface area (Å²) in [6.07, 6.45) is 0. The lowest BCUT2D eigenvalue weighted by Gasteiger charge is -2.18. The topological polar surface area (TPSA) is 87.2 Å². The zero-order chi connectivity index (χ0) is 14.6. The Morgan fingerprint density at radius 1 is 1.63 bits per heavy atom. The van der Waals surface area contributed by atoms with Gasteiger partial charge in [-0.2, -0.15) is 5.26 Å². The van der Waals surface area contributed by atoms with Gasteiger partial charge < -0.3 is 4.90 Å². The molecular weight excluding hydrogens is 314 g/mol. The van der Waals surface area contributed by atoms with Gasteiger partial charge in [0.05, 0.1) is 22.5 Å². The lowest BCUT2D eigenvalue weighted by Crippen LogP contribution is -2.30. The molecule has 6 nitrogen and oxygen atoms in total. The van der Waals surface area contributed by atoms with Crippen LogP contribution in [0.5, 0.6) is 0 Å². The molecule has 1 amide bonds. The van der Waals surface area contributed by atoms with Crippen LogP contribution in [0.2, 0.25) is 0 Å². The first-order valence-corrected chi connectivity index (χ1v) is 6.25. The fourth-order valence-electron chi connectivity index (χ4n) is 1.53. The third-order valence-electron chi connectivity index (χ3n) is 2.51. The van der Waals surface area contributed by atoms with Gasteiger partial charge in [-0.3, -0.25) is 14.9 Å². The van der Waals surface area contributed by atoms with E-state index in [4.69, 9.17) is 5.26 Å². The Labute approximate surface area is 118 Å². The van der Waals surface area contributed by atoms with Crippen LogP contribution in [0.3, 0.4) is 0 Å². The number of nitro benzene ring substituents is 1. The molecule has 1 aromatic carbocycles. The number of hydrogen-bond acceptors (Lipinski definition) is 4. The van der Waals surface area contributed by atoms with E-state index in [-0.39, 0.29) is 29.6 Å². The lowest BCUT2D eigenvalue weighted by atomic mass is 10.1. The molecule has 0 aliphatic rings. The Hall–Kier alpha value is -1.94. The highest BCUT2D eigenvalue weighted by Crippen LogP contribution is 2.23. The van der Waals surface area contributed by atoms with Gasteiger partial charge in [-0.1, -0.05) is 0 Å². The second kappa shape index (κ2) is 6.29. The van der Waals surface area contributed by atoms with Crippen molar-refractivity contribution in [2.75, 3.05) is 13.6 Å². The molecule has 1 aromatic rings. The first-order chi connectivity index (χ1) is 8.86. The molecule has 1 rings (SSSR count). The zero-order valence-electron chi connectivity index (χ0n) is 10.5. The summed E-state index contributed by atoms with van der Waals surface area (Å²) in [5.74, 6) is -0.663. The molecule has 0 aliphatic heterocycles. The van der Waals surface area contributed by atoms with Crippen molar-refractivity contribution >= 4 is 27.5 Å². The van der Waals surface area contributed by atoms with E-state index >= 15 is 0 Å². The molecule has 0 heterocycles. The monoisotopic (exact) mass is 325 g/mol. The van der Waals surface area contributed by atoms with Crippen molar-refractivity contribution in [2.24, 2.45) is 5.92 Å². The maximum Gasteiger partial charge on any atom is 0.270 e. The number of carbonyl (C=O) groups is 1. The van der Waals surface area contributed by atoms with Gasteiger partial charge >= 0.3 is 0 Å². The minimum absolute atomic E-state index is 0.145. The number of nitro groups is 1. The Morgan fingerprint density at radius 2 is 2.26 bits per heavy atom. The van der Waals surface area contributed by atoms with Crippen LogP contribution < -0.4 is 0 Å². The predicted octanol–water partition coefficient (Wildman–Crippen LogP) is 2.59. The number of amides is 1. The van der Waals surface area contributed by atoms with Gasteiger partial charge in [0.2, 0.25) is 0 Å². The van der Waals surface area contributed by atoms with Crippen LogP contribution in [0.25, 0.3) is 0 Å². The third kappa shape index (κ3) is 3.76. The van der Waals surface area contributed by atoms with E-state index < -0.39 is 4.92 Å². The molecule has 19 heavy (non-hydrogen) atoms. The molecule has 7 heteroatoms. The van der Waals surface area contributed by atoms with Crippen molar-refractivity contribution in [3.8, 4) is 6.07 Å². The Morgan fingerprint density at radius 3 is 2.79 bits per heavy atom. The van der Waals surface area contributed by atoms with E-state index in [9.17, 15) is 14.9 Å². The molecule has 0 radical (unpaired) electrons. The highest BCUT2D eigenvalue weighted by molar-refractivity contribution is 9.10. The van der Waals surface area contributed by atoms with Crippen molar-refractivity contribution < 1.29 is 9.72 Å². The predicted molar refractivity (Wildman–Crippen MR) is 72.5 cm³/mol. The van der Waals surface area contributed by atoms with Gasteiger partial charge in [0, 0.05) is 30.2 Å². The average Bonchev–Trinajstić information content (AvgIpc) is 2.37. The summed E-state index contributed by atoms with van der Waals surface area (Å²) in [6.45, 7) is 1.97. The lowest BCUT2D eigenvalue weighted by molar-refractivity contribution is -0.384. The van der Waals surface area contributed by atoms with Gasteiger partial charge in [0.15, 0.2) is 0 Å². The van der Waals surface area contributed by atoms with Crippen molar-refractivity contribution in [1.29, 1.82) is 5.26 Å². The van der Waals surface area contributed by atoms with Crippen molar-refractivity contribution in [3.05, 3.63) is 38.3 Å². The quantitative estimate of drug-likeness (QED) is 0.628. The van der Waals surface area contributed by atoms with E-state index in [1.54, 1.807) is 14.0 Å². The molecule has 0 saturated carbocycles. The van der Waals surface area contributed by atoms with Gasteiger partial charge in [-0.25, -0.2) is 0 Å². The molecule has 0 saturated heterocycles. The summed E-state index contributed by atoms with van der Waals surface area (Å²) in [6, 6.07) is 6.04. The van der Waals surface area contributed by atoms with Gasteiger partial charge in [-0.05, 0) is 28.9 Å². The highest BCUT2D eigenvalue weighted by atomic mass is 79.9.